The molecule has 0 saturated carbocycles. The van der Waals surface area contributed by atoms with Crippen LogP contribution in [0.25, 0.3) is 0 Å². The Hall–Kier alpha value is -3.11. The second-order valence-electron chi connectivity index (χ2n) is 6.54. The summed E-state index contributed by atoms with van der Waals surface area (Å²) in [4.78, 5) is 25.3. The normalized spacial score (nSPS) is 11.5. The van der Waals surface area contributed by atoms with Crippen LogP contribution in [0.4, 0.5) is 5.69 Å². The second kappa shape index (κ2) is 9.20. The fourth-order valence-corrected chi connectivity index (χ4v) is 3.16. The molecule has 3 rings (SSSR count). The van der Waals surface area contributed by atoms with E-state index < -0.39 is 6.04 Å². The number of amides is 2. The molecule has 0 aliphatic carbocycles. The van der Waals surface area contributed by atoms with Gasteiger partial charge in [0, 0.05) is 5.69 Å². The number of halogens is 1. The van der Waals surface area contributed by atoms with Crippen molar-refractivity contribution >= 4 is 29.1 Å². The lowest BCUT2D eigenvalue weighted by Gasteiger charge is -2.19. The van der Waals surface area contributed by atoms with Gasteiger partial charge in [-0.3, -0.25) is 9.59 Å². The Morgan fingerprint density at radius 3 is 2.36 bits per heavy atom. The largest absolute Gasteiger partial charge is 0.345 e. The van der Waals surface area contributed by atoms with Gasteiger partial charge in [0.2, 0.25) is 5.91 Å². The molecule has 3 aromatic carbocycles. The van der Waals surface area contributed by atoms with Gasteiger partial charge in [-0.05, 0) is 42.3 Å². The maximum absolute atomic E-state index is 12.7. The molecule has 0 radical (unpaired) electrons. The van der Waals surface area contributed by atoms with Crippen molar-refractivity contribution in [1.29, 1.82) is 0 Å². The maximum Gasteiger partial charge on any atom is 0.253 e. The van der Waals surface area contributed by atoms with Crippen molar-refractivity contribution < 1.29 is 9.59 Å². The van der Waals surface area contributed by atoms with Crippen LogP contribution in [-0.2, 0) is 4.79 Å². The van der Waals surface area contributed by atoms with Crippen LogP contribution in [0.1, 0.15) is 33.9 Å². The molecule has 5 heteroatoms. The van der Waals surface area contributed by atoms with Gasteiger partial charge in [0.15, 0.2) is 0 Å². The lowest BCUT2D eigenvalue weighted by molar-refractivity contribution is -0.116. The summed E-state index contributed by atoms with van der Waals surface area (Å²) in [7, 11) is 0. The summed E-state index contributed by atoms with van der Waals surface area (Å²) in [5.74, 6) is -0.498. The zero-order valence-electron chi connectivity index (χ0n) is 15.5. The van der Waals surface area contributed by atoms with E-state index in [4.69, 9.17) is 11.6 Å². The van der Waals surface area contributed by atoms with Crippen LogP contribution >= 0.6 is 11.6 Å². The number of carbonyl (C=O) groups excluding carboxylic acids is 2. The second-order valence-corrected chi connectivity index (χ2v) is 6.95. The first-order valence-electron chi connectivity index (χ1n) is 9.00. The maximum atomic E-state index is 12.7. The highest BCUT2D eigenvalue weighted by molar-refractivity contribution is 6.33. The van der Waals surface area contributed by atoms with Crippen molar-refractivity contribution in [1.82, 2.24) is 5.32 Å². The summed E-state index contributed by atoms with van der Waals surface area (Å²) < 4.78 is 0. The summed E-state index contributed by atoms with van der Waals surface area (Å²) in [6.07, 6.45) is 0.105. The molecule has 0 bridgehead atoms. The Kier molecular flexibility index (Phi) is 6.45. The zero-order valence-corrected chi connectivity index (χ0v) is 16.2. The van der Waals surface area contributed by atoms with E-state index in [1.807, 2.05) is 61.5 Å². The van der Waals surface area contributed by atoms with E-state index in [0.717, 1.165) is 16.8 Å². The molecule has 0 aromatic heterocycles. The monoisotopic (exact) mass is 392 g/mol. The van der Waals surface area contributed by atoms with Gasteiger partial charge >= 0.3 is 0 Å². The fraction of sp³-hybridized carbons (Fsp3) is 0.130. The summed E-state index contributed by atoms with van der Waals surface area (Å²) in [5, 5.41) is 6.20. The molecule has 0 fully saturated rings. The van der Waals surface area contributed by atoms with E-state index in [2.05, 4.69) is 10.6 Å². The van der Waals surface area contributed by atoms with E-state index >= 15 is 0 Å². The number of rotatable bonds is 6. The molecule has 3 aromatic rings. The molecular weight excluding hydrogens is 372 g/mol. The van der Waals surface area contributed by atoms with Gasteiger partial charge < -0.3 is 10.6 Å². The summed E-state index contributed by atoms with van der Waals surface area (Å²) in [6.45, 7) is 1.96. The van der Waals surface area contributed by atoms with Gasteiger partial charge in [-0.25, -0.2) is 0 Å². The highest BCUT2D eigenvalue weighted by atomic mass is 35.5. The summed E-state index contributed by atoms with van der Waals surface area (Å²) in [6, 6.07) is 23.4. The van der Waals surface area contributed by atoms with E-state index in [1.165, 1.54) is 0 Å². The molecule has 2 amide bonds. The van der Waals surface area contributed by atoms with Crippen molar-refractivity contribution in [2.45, 2.75) is 19.4 Å². The predicted molar refractivity (Wildman–Crippen MR) is 113 cm³/mol. The Balaban J connectivity index is 1.77. The van der Waals surface area contributed by atoms with Crippen molar-refractivity contribution in [3.63, 3.8) is 0 Å². The minimum absolute atomic E-state index is 0.105. The first kappa shape index (κ1) is 19.6. The Labute approximate surface area is 169 Å². The SMILES string of the molecule is Cc1cccc(NC(=O)CC(NC(=O)c2ccccc2Cl)c2ccccc2)c1. The molecule has 0 aliphatic rings. The van der Waals surface area contributed by atoms with Gasteiger partial charge in [-0.2, -0.15) is 0 Å². The van der Waals surface area contributed by atoms with Crippen molar-refractivity contribution in [2.24, 2.45) is 0 Å². The molecular formula is C23H21ClN2O2. The lowest BCUT2D eigenvalue weighted by Crippen LogP contribution is -2.31. The molecule has 0 saturated heterocycles. The number of anilines is 1. The summed E-state index contributed by atoms with van der Waals surface area (Å²) in [5.41, 5.74) is 3.02. The summed E-state index contributed by atoms with van der Waals surface area (Å²) >= 11 is 6.14. The quantitative estimate of drug-likeness (QED) is 0.609. The predicted octanol–water partition coefficient (Wildman–Crippen LogP) is 5.15. The number of hydrogen-bond donors (Lipinski definition) is 2. The highest BCUT2D eigenvalue weighted by Gasteiger charge is 2.20. The minimum atomic E-state index is -0.477. The topological polar surface area (TPSA) is 58.2 Å². The molecule has 0 spiro atoms. The van der Waals surface area contributed by atoms with Crippen LogP contribution in [0.3, 0.4) is 0 Å². The standard InChI is InChI=1S/C23H21ClN2O2/c1-16-8-7-11-18(14-16)25-22(27)15-21(17-9-3-2-4-10-17)26-23(28)19-12-5-6-13-20(19)24/h2-14,21H,15H2,1H3,(H,25,27)(H,26,28). The van der Waals surface area contributed by atoms with E-state index in [9.17, 15) is 9.59 Å². The van der Waals surface area contributed by atoms with Crippen LogP contribution in [0.5, 0.6) is 0 Å². The Morgan fingerprint density at radius 2 is 1.64 bits per heavy atom. The third-order valence-electron chi connectivity index (χ3n) is 4.32. The van der Waals surface area contributed by atoms with Crippen LogP contribution in [0.15, 0.2) is 78.9 Å². The number of nitrogens with one attached hydrogen (secondary N) is 2. The zero-order chi connectivity index (χ0) is 19.9. The van der Waals surface area contributed by atoms with Gasteiger partial charge in [0.05, 0.1) is 23.0 Å². The van der Waals surface area contributed by atoms with Crippen LogP contribution in [-0.4, -0.2) is 11.8 Å². The van der Waals surface area contributed by atoms with Crippen molar-refractivity contribution in [3.05, 3.63) is 101 Å². The average Bonchev–Trinajstić information content (AvgIpc) is 2.68. The molecule has 0 aliphatic heterocycles. The van der Waals surface area contributed by atoms with Crippen molar-refractivity contribution in [3.8, 4) is 0 Å². The molecule has 2 N–H and O–H groups in total. The lowest BCUT2D eigenvalue weighted by atomic mass is 10.0. The molecule has 1 atom stereocenters. The van der Waals surface area contributed by atoms with Crippen LogP contribution in [0.2, 0.25) is 5.02 Å². The highest BCUT2D eigenvalue weighted by Crippen LogP contribution is 2.21. The van der Waals surface area contributed by atoms with Crippen LogP contribution in [0, 0.1) is 6.92 Å². The van der Waals surface area contributed by atoms with Gasteiger partial charge in [-0.15, -0.1) is 0 Å². The molecule has 0 heterocycles. The van der Waals surface area contributed by atoms with Crippen LogP contribution < -0.4 is 10.6 Å². The van der Waals surface area contributed by atoms with Gasteiger partial charge in [0.1, 0.15) is 0 Å². The third-order valence-corrected chi connectivity index (χ3v) is 4.65. The van der Waals surface area contributed by atoms with Crippen molar-refractivity contribution in [2.75, 3.05) is 5.32 Å². The van der Waals surface area contributed by atoms with Gasteiger partial charge in [-0.1, -0.05) is 66.2 Å². The fourth-order valence-electron chi connectivity index (χ4n) is 2.94. The number of benzene rings is 3. The van der Waals surface area contributed by atoms with E-state index in [0.29, 0.717) is 10.6 Å². The van der Waals surface area contributed by atoms with E-state index in [-0.39, 0.29) is 18.2 Å². The average molecular weight is 393 g/mol. The number of carbonyl (C=O) groups is 2. The minimum Gasteiger partial charge on any atom is -0.345 e. The number of hydrogen-bond acceptors (Lipinski definition) is 2. The third kappa shape index (κ3) is 5.21. The first-order valence-corrected chi connectivity index (χ1v) is 9.37. The molecule has 28 heavy (non-hydrogen) atoms. The molecule has 1 unspecified atom stereocenters. The molecule has 142 valence electrons. The Morgan fingerprint density at radius 1 is 0.929 bits per heavy atom. The smallest absolute Gasteiger partial charge is 0.253 e. The van der Waals surface area contributed by atoms with Gasteiger partial charge in [0.25, 0.3) is 5.91 Å². The number of aryl methyl sites for hydroxylation is 1. The van der Waals surface area contributed by atoms with E-state index in [1.54, 1.807) is 24.3 Å². The Bertz CT molecular complexity index is 973. The first-order chi connectivity index (χ1) is 13.5. The molecule has 4 nitrogen and oxygen atoms in total.